The van der Waals surface area contributed by atoms with Crippen molar-refractivity contribution in [3.63, 3.8) is 0 Å². The fraction of sp³-hybridized carbons (Fsp3) is 0.150. The number of fused-ring (bicyclic) bond motifs is 1. The lowest BCUT2D eigenvalue weighted by molar-refractivity contribution is 0.370. The molecule has 5 nitrogen and oxygen atoms in total. The van der Waals surface area contributed by atoms with Crippen molar-refractivity contribution in [3.8, 4) is 17.6 Å². The number of hydrogen-bond donors (Lipinski definition) is 1. The van der Waals surface area contributed by atoms with E-state index in [1.165, 1.54) is 0 Å². The van der Waals surface area contributed by atoms with Crippen LogP contribution in [-0.4, -0.2) is 26.6 Å². The van der Waals surface area contributed by atoms with Crippen LogP contribution in [0.1, 0.15) is 5.56 Å². The molecule has 28 heavy (non-hydrogen) atoms. The van der Waals surface area contributed by atoms with Gasteiger partial charge in [-0.05, 0) is 35.9 Å². The van der Waals surface area contributed by atoms with Gasteiger partial charge in [0, 0.05) is 23.7 Å². The Labute approximate surface area is 161 Å². The summed E-state index contributed by atoms with van der Waals surface area (Å²) in [6, 6.07) is 11.9. The number of sulfonamides is 1. The Hall–Kier alpha value is -3.02. The van der Waals surface area contributed by atoms with Gasteiger partial charge in [-0.1, -0.05) is 17.9 Å². The summed E-state index contributed by atoms with van der Waals surface area (Å²) < 4.78 is 57.9. The summed E-state index contributed by atoms with van der Waals surface area (Å²) in [5, 5.41) is 0.994. The topological polar surface area (TPSA) is 68.3 Å². The Morgan fingerprint density at radius 2 is 1.82 bits per heavy atom. The molecule has 3 rings (SSSR count). The summed E-state index contributed by atoms with van der Waals surface area (Å²) in [7, 11) is -3.77. The molecule has 0 unspecified atom stereocenters. The Morgan fingerprint density at radius 3 is 2.61 bits per heavy atom. The van der Waals surface area contributed by atoms with Gasteiger partial charge >= 0.3 is 0 Å². The molecule has 0 atom stereocenters. The van der Waals surface area contributed by atoms with Crippen molar-refractivity contribution >= 4 is 20.9 Å². The van der Waals surface area contributed by atoms with Crippen LogP contribution < -0.4 is 9.46 Å². The number of benzene rings is 2. The molecule has 8 heteroatoms. The number of hydrogen-bond acceptors (Lipinski definition) is 4. The van der Waals surface area contributed by atoms with Crippen LogP contribution in [0.5, 0.6) is 5.75 Å². The van der Waals surface area contributed by atoms with Crippen molar-refractivity contribution in [1.29, 1.82) is 0 Å². The summed E-state index contributed by atoms with van der Waals surface area (Å²) >= 11 is 0. The molecule has 0 aliphatic heterocycles. The minimum Gasteiger partial charge on any atom is -0.481 e. The van der Waals surface area contributed by atoms with Crippen LogP contribution in [0.4, 0.5) is 8.78 Å². The van der Waals surface area contributed by atoms with Gasteiger partial charge < -0.3 is 4.74 Å². The van der Waals surface area contributed by atoms with Gasteiger partial charge in [0.2, 0.25) is 10.0 Å². The van der Waals surface area contributed by atoms with Crippen LogP contribution in [0, 0.1) is 23.5 Å². The van der Waals surface area contributed by atoms with E-state index in [0.717, 1.165) is 23.0 Å². The van der Waals surface area contributed by atoms with Gasteiger partial charge in [-0.2, -0.15) is 0 Å². The van der Waals surface area contributed by atoms with Crippen molar-refractivity contribution in [2.45, 2.75) is 5.75 Å². The molecule has 3 aromatic rings. The molecular formula is C20H16F2N2O3S. The van der Waals surface area contributed by atoms with E-state index in [-0.39, 0.29) is 18.7 Å². The van der Waals surface area contributed by atoms with E-state index in [4.69, 9.17) is 4.74 Å². The van der Waals surface area contributed by atoms with E-state index >= 15 is 0 Å². The molecule has 0 saturated carbocycles. The number of pyridine rings is 1. The van der Waals surface area contributed by atoms with Crippen molar-refractivity contribution in [2.75, 3.05) is 13.2 Å². The Kier molecular flexibility index (Phi) is 6.19. The van der Waals surface area contributed by atoms with E-state index in [2.05, 4.69) is 21.5 Å². The summed E-state index contributed by atoms with van der Waals surface area (Å²) in [6.45, 7) is -0.0576. The number of ether oxygens (including phenoxy) is 1. The first-order chi connectivity index (χ1) is 13.4. The molecule has 144 valence electrons. The van der Waals surface area contributed by atoms with E-state index in [9.17, 15) is 17.2 Å². The highest BCUT2D eigenvalue weighted by Crippen LogP contribution is 2.18. The van der Waals surface area contributed by atoms with Crippen LogP contribution in [0.2, 0.25) is 0 Å². The lowest BCUT2D eigenvalue weighted by atomic mass is 10.2. The minimum atomic E-state index is -3.77. The predicted molar refractivity (Wildman–Crippen MR) is 102 cm³/mol. The second-order valence-electron chi connectivity index (χ2n) is 5.86. The fourth-order valence-electron chi connectivity index (χ4n) is 2.48. The monoisotopic (exact) mass is 402 g/mol. The second-order valence-corrected chi connectivity index (χ2v) is 7.66. The third kappa shape index (κ3) is 5.74. The maximum absolute atomic E-state index is 13.1. The van der Waals surface area contributed by atoms with E-state index in [1.54, 1.807) is 18.3 Å². The largest absolute Gasteiger partial charge is 0.481 e. The Balaban J connectivity index is 1.48. The standard InChI is InChI=1S/C20H16F2N2O3S/c21-17-10-15(11-18(22)12-17)14-28(25,26)24-8-1-2-9-27-19-6-5-16-4-3-7-23-20(16)13-19/h3-7,10-13,24H,8-9,14H2. The molecule has 0 aliphatic rings. The predicted octanol–water partition coefficient (Wildman–Crippen LogP) is 3.01. The van der Waals surface area contributed by atoms with Crippen molar-refractivity contribution in [3.05, 3.63) is 71.9 Å². The second kappa shape index (κ2) is 8.78. The summed E-state index contributed by atoms with van der Waals surface area (Å²) in [4.78, 5) is 4.23. The van der Waals surface area contributed by atoms with Gasteiger partial charge in [0.1, 0.15) is 24.0 Å². The number of aromatic nitrogens is 1. The molecule has 0 spiro atoms. The first kappa shape index (κ1) is 19.7. The van der Waals surface area contributed by atoms with E-state index in [1.807, 2.05) is 18.2 Å². The third-order valence-corrected chi connectivity index (χ3v) is 4.97. The molecule has 0 aliphatic carbocycles. The SMILES string of the molecule is O=S(=O)(Cc1cc(F)cc(F)c1)NCC#CCOc1ccc2cccnc2c1. The molecule has 1 heterocycles. The number of rotatable bonds is 6. The van der Waals surface area contributed by atoms with Crippen molar-refractivity contribution in [2.24, 2.45) is 0 Å². The van der Waals surface area contributed by atoms with Gasteiger partial charge in [-0.25, -0.2) is 21.9 Å². The zero-order chi connectivity index (χ0) is 20.0. The maximum Gasteiger partial charge on any atom is 0.216 e. The van der Waals surface area contributed by atoms with Gasteiger partial charge in [0.25, 0.3) is 0 Å². The molecule has 1 N–H and O–H groups in total. The zero-order valence-electron chi connectivity index (χ0n) is 14.7. The number of nitrogens with one attached hydrogen (secondary N) is 1. The highest BCUT2D eigenvalue weighted by Gasteiger charge is 2.12. The highest BCUT2D eigenvalue weighted by molar-refractivity contribution is 7.88. The molecule has 0 radical (unpaired) electrons. The first-order valence-electron chi connectivity index (χ1n) is 8.27. The average Bonchev–Trinajstić information content (AvgIpc) is 2.63. The summed E-state index contributed by atoms with van der Waals surface area (Å²) in [5.74, 6) is 3.74. The molecule has 2 aromatic carbocycles. The smallest absolute Gasteiger partial charge is 0.216 e. The molecule has 0 bridgehead atoms. The van der Waals surface area contributed by atoms with Crippen LogP contribution in [0.15, 0.2) is 54.7 Å². The highest BCUT2D eigenvalue weighted by atomic mass is 32.2. The zero-order valence-corrected chi connectivity index (χ0v) is 15.5. The van der Waals surface area contributed by atoms with Gasteiger partial charge in [0.05, 0.1) is 17.8 Å². The average molecular weight is 402 g/mol. The van der Waals surface area contributed by atoms with Crippen LogP contribution in [0.3, 0.4) is 0 Å². The third-order valence-electron chi connectivity index (χ3n) is 3.67. The Bertz CT molecular complexity index is 1130. The van der Waals surface area contributed by atoms with Crippen molar-refractivity contribution < 1.29 is 21.9 Å². The molecule has 0 amide bonds. The molecule has 0 fully saturated rings. The number of nitrogens with zero attached hydrogens (tertiary/aromatic N) is 1. The normalized spacial score (nSPS) is 11.1. The lowest BCUT2D eigenvalue weighted by Gasteiger charge is -2.05. The first-order valence-corrected chi connectivity index (χ1v) is 9.92. The molecular weight excluding hydrogens is 386 g/mol. The lowest BCUT2D eigenvalue weighted by Crippen LogP contribution is -2.25. The van der Waals surface area contributed by atoms with Gasteiger partial charge in [-0.3, -0.25) is 4.98 Å². The Morgan fingerprint density at radius 1 is 1.04 bits per heavy atom. The van der Waals surface area contributed by atoms with Crippen LogP contribution >= 0.6 is 0 Å². The number of halogens is 2. The van der Waals surface area contributed by atoms with Gasteiger partial charge in [0.15, 0.2) is 0 Å². The molecule has 1 aromatic heterocycles. The van der Waals surface area contributed by atoms with Crippen molar-refractivity contribution in [1.82, 2.24) is 9.71 Å². The molecule has 0 saturated heterocycles. The van der Waals surface area contributed by atoms with Gasteiger partial charge in [-0.15, -0.1) is 0 Å². The summed E-state index contributed by atoms with van der Waals surface area (Å²) in [5.41, 5.74) is 0.820. The fourth-order valence-corrected chi connectivity index (χ4v) is 3.48. The minimum absolute atomic E-state index is 0.0196. The maximum atomic E-state index is 13.1. The summed E-state index contributed by atoms with van der Waals surface area (Å²) in [6.07, 6.45) is 1.69. The van der Waals surface area contributed by atoms with E-state index < -0.39 is 27.4 Å². The van der Waals surface area contributed by atoms with E-state index in [0.29, 0.717) is 11.8 Å². The quantitative estimate of drug-likeness (QED) is 0.644. The van der Waals surface area contributed by atoms with Crippen LogP contribution in [0.25, 0.3) is 10.9 Å². The van der Waals surface area contributed by atoms with Crippen LogP contribution in [-0.2, 0) is 15.8 Å².